The fraction of sp³-hybridized carbons (Fsp3) is 0.300. The molecule has 1 saturated carbocycles. The van der Waals surface area contributed by atoms with Gasteiger partial charge < -0.3 is 15.4 Å². The zero-order valence-corrected chi connectivity index (χ0v) is 14.9. The van der Waals surface area contributed by atoms with E-state index in [1.165, 1.54) is 24.3 Å². The van der Waals surface area contributed by atoms with Gasteiger partial charge in [-0.1, -0.05) is 12.1 Å². The monoisotopic (exact) mass is 392 g/mol. The topological polar surface area (TPSA) is 67.4 Å². The molecule has 0 bridgehead atoms. The maximum Gasteiger partial charge on any atom is 0.573 e. The van der Waals surface area contributed by atoms with Crippen molar-refractivity contribution in [1.29, 1.82) is 0 Å². The van der Waals surface area contributed by atoms with Gasteiger partial charge in [-0.3, -0.25) is 9.59 Å². The summed E-state index contributed by atoms with van der Waals surface area (Å²) in [5.74, 6) is -0.438. The molecule has 1 fully saturated rings. The lowest BCUT2D eigenvalue weighted by atomic mass is 10.1. The summed E-state index contributed by atoms with van der Waals surface area (Å²) in [4.78, 5) is 23.9. The number of hydrogen-bond donors (Lipinski definition) is 2. The van der Waals surface area contributed by atoms with E-state index < -0.39 is 6.36 Å². The fourth-order valence-corrected chi connectivity index (χ4v) is 2.58. The molecule has 0 spiro atoms. The predicted octanol–water partition coefficient (Wildman–Crippen LogP) is 3.91. The first kappa shape index (κ1) is 19.7. The Morgan fingerprint density at radius 3 is 2.21 bits per heavy atom. The van der Waals surface area contributed by atoms with Gasteiger partial charge in [0.15, 0.2) is 0 Å². The highest BCUT2D eigenvalue weighted by atomic mass is 19.4. The van der Waals surface area contributed by atoms with E-state index in [1.807, 2.05) is 0 Å². The molecule has 0 radical (unpaired) electrons. The summed E-state index contributed by atoms with van der Waals surface area (Å²) >= 11 is 0. The van der Waals surface area contributed by atoms with Gasteiger partial charge in [0.1, 0.15) is 5.75 Å². The molecule has 1 aliphatic rings. The van der Waals surface area contributed by atoms with E-state index in [2.05, 4.69) is 15.4 Å². The SMILES string of the molecule is O=C(NCCc1ccc(OC(F)(F)F)cc1)c1ccc(NC(=O)C2CC2)cc1. The fourth-order valence-electron chi connectivity index (χ4n) is 2.58. The molecule has 148 valence electrons. The van der Waals surface area contributed by atoms with Crippen LogP contribution in [0.1, 0.15) is 28.8 Å². The third-order valence-corrected chi connectivity index (χ3v) is 4.22. The Hall–Kier alpha value is -3.03. The number of rotatable bonds is 7. The summed E-state index contributed by atoms with van der Waals surface area (Å²) in [6.45, 7) is 0.332. The van der Waals surface area contributed by atoms with E-state index in [0.717, 1.165) is 18.4 Å². The number of anilines is 1. The molecule has 0 atom stereocenters. The predicted molar refractivity (Wildman–Crippen MR) is 97.0 cm³/mol. The largest absolute Gasteiger partial charge is 0.573 e. The van der Waals surface area contributed by atoms with Gasteiger partial charge in [-0.15, -0.1) is 13.2 Å². The van der Waals surface area contributed by atoms with Crippen molar-refractivity contribution in [3.05, 3.63) is 59.7 Å². The van der Waals surface area contributed by atoms with Crippen LogP contribution in [-0.4, -0.2) is 24.7 Å². The van der Waals surface area contributed by atoms with Gasteiger partial charge in [-0.05, 0) is 61.2 Å². The molecule has 0 saturated heterocycles. The lowest BCUT2D eigenvalue weighted by Gasteiger charge is -2.10. The molecule has 3 rings (SSSR count). The maximum atomic E-state index is 12.2. The minimum Gasteiger partial charge on any atom is -0.406 e. The van der Waals surface area contributed by atoms with Crippen LogP contribution in [-0.2, 0) is 11.2 Å². The third kappa shape index (κ3) is 6.00. The second-order valence-electron chi connectivity index (χ2n) is 6.54. The van der Waals surface area contributed by atoms with Crippen molar-refractivity contribution >= 4 is 17.5 Å². The molecule has 5 nitrogen and oxygen atoms in total. The molecule has 2 aromatic carbocycles. The summed E-state index contributed by atoms with van der Waals surface area (Å²) < 4.78 is 40.2. The molecule has 0 unspecified atom stereocenters. The van der Waals surface area contributed by atoms with Crippen molar-refractivity contribution in [3.8, 4) is 5.75 Å². The summed E-state index contributed by atoms with van der Waals surface area (Å²) in [6, 6.07) is 12.1. The van der Waals surface area contributed by atoms with Crippen LogP contribution in [0.3, 0.4) is 0 Å². The van der Waals surface area contributed by atoms with Crippen LogP contribution in [0.15, 0.2) is 48.5 Å². The smallest absolute Gasteiger partial charge is 0.406 e. The molecule has 0 heterocycles. The van der Waals surface area contributed by atoms with Gasteiger partial charge in [0.25, 0.3) is 5.91 Å². The van der Waals surface area contributed by atoms with Gasteiger partial charge in [0.2, 0.25) is 5.91 Å². The number of ether oxygens (including phenoxy) is 1. The van der Waals surface area contributed by atoms with Gasteiger partial charge in [0, 0.05) is 23.7 Å². The molecule has 2 aromatic rings. The van der Waals surface area contributed by atoms with Crippen LogP contribution in [0, 0.1) is 5.92 Å². The molecule has 1 aliphatic carbocycles. The highest BCUT2D eigenvalue weighted by Gasteiger charge is 2.31. The molecule has 2 N–H and O–H groups in total. The number of hydrogen-bond acceptors (Lipinski definition) is 3. The quantitative estimate of drug-likeness (QED) is 0.751. The summed E-state index contributed by atoms with van der Waals surface area (Å²) in [5, 5.41) is 5.55. The van der Waals surface area contributed by atoms with E-state index in [9.17, 15) is 22.8 Å². The molecular weight excluding hydrogens is 373 g/mol. The molecular formula is C20H19F3N2O3. The summed E-state index contributed by atoms with van der Waals surface area (Å²) in [7, 11) is 0. The first-order valence-electron chi connectivity index (χ1n) is 8.84. The van der Waals surface area contributed by atoms with Crippen molar-refractivity contribution in [2.75, 3.05) is 11.9 Å². The number of carbonyl (C=O) groups excluding carboxylic acids is 2. The Morgan fingerprint density at radius 2 is 1.64 bits per heavy atom. The molecule has 28 heavy (non-hydrogen) atoms. The van der Waals surface area contributed by atoms with E-state index in [-0.39, 0.29) is 23.5 Å². The van der Waals surface area contributed by atoms with Crippen molar-refractivity contribution in [2.45, 2.75) is 25.6 Å². The average molecular weight is 392 g/mol. The van der Waals surface area contributed by atoms with Crippen LogP contribution in [0.5, 0.6) is 5.75 Å². The van der Waals surface area contributed by atoms with Crippen LogP contribution < -0.4 is 15.4 Å². The minimum absolute atomic E-state index is 0.00357. The van der Waals surface area contributed by atoms with Gasteiger partial charge >= 0.3 is 6.36 Å². The lowest BCUT2D eigenvalue weighted by molar-refractivity contribution is -0.274. The van der Waals surface area contributed by atoms with Gasteiger partial charge in [-0.2, -0.15) is 0 Å². The van der Waals surface area contributed by atoms with Gasteiger partial charge in [0.05, 0.1) is 0 Å². The molecule has 8 heteroatoms. The highest BCUT2D eigenvalue weighted by Crippen LogP contribution is 2.30. The first-order valence-corrected chi connectivity index (χ1v) is 8.84. The Balaban J connectivity index is 1.44. The van der Waals surface area contributed by atoms with Crippen LogP contribution >= 0.6 is 0 Å². The molecule has 2 amide bonds. The number of nitrogens with one attached hydrogen (secondary N) is 2. The zero-order valence-electron chi connectivity index (χ0n) is 14.9. The molecule has 0 aromatic heterocycles. The number of amides is 2. The Labute approximate surface area is 159 Å². The Kier molecular flexibility index (Phi) is 5.87. The number of halogens is 3. The second-order valence-corrected chi connectivity index (χ2v) is 6.54. The van der Waals surface area contributed by atoms with E-state index >= 15 is 0 Å². The van der Waals surface area contributed by atoms with Crippen molar-refractivity contribution < 1.29 is 27.5 Å². The average Bonchev–Trinajstić information content (AvgIpc) is 3.48. The van der Waals surface area contributed by atoms with Crippen molar-refractivity contribution in [2.24, 2.45) is 5.92 Å². The van der Waals surface area contributed by atoms with Crippen molar-refractivity contribution in [3.63, 3.8) is 0 Å². The summed E-state index contributed by atoms with van der Waals surface area (Å²) in [6.07, 6.45) is -2.41. The van der Waals surface area contributed by atoms with E-state index in [1.54, 1.807) is 24.3 Å². The zero-order chi connectivity index (χ0) is 20.1. The van der Waals surface area contributed by atoms with E-state index in [0.29, 0.717) is 24.2 Å². The van der Waals surface area contributed by atoms with Crippen molar-refractivity contribution in [1.82, 2.24) is 5.32 Å². The normalized spacial score (nSPS) is 13.7. The van der Waals surface area contributed by atoms with Crippen LogP contribution in [0.4, 0.5) is 18.9 Å². The Morgan fingerprint density at radius 1 is 1.00 bits per heavy atom. The highest BCUT2D eigenvalue weighted by molar-refractivity contribution is 5.96. The van der Waals surface area contributed by atoms with Crippen LogP contribution in [0.25, 0.3) is 0 Å². The van der Waals surface area contributed by atoms with E-state index in [4.69, 9.17) is 0 Å². The third-order valence-electron chi connectivity index (χ3n) is 4.22. The number of benzene rings is 2. The maximum absolute atomic E-state index is 12.2. The lowest BCUT2D eigenvalue weighted by Crippen LogP contribution is -2.25. The first-order chi connectivity index (χ1) is 13.3. The summed E-state index contributed by atoms with van der Waals surface area (Å²) in [5.41, 5.74) is 1.88. The second kappa shape index (κ2) is 8.33. The number of carbonyl (C=O) groups is 2. The minimum atomic E-state index is -4.72. The van der Waals surface area contributed by atoms with Gasteiger partial charge in [-0.25, -0.2) is 0 Å². The Bertz CT molecular complexity index is 829. The number of alkyl halides is 3. The standard InChI is InChI=1S/C20H19F3N2O3/c21-20(22,23)28-17-9-1-13(2-10-17)11-12-24-18(26)14-5-7-16(8-6-14)25-19(27)15-3-4-15/h1-2,5-10,15H,3-4,11-12H2,(H,24,26)(H,25,27). The van der Waals surface area contributed by atoms with Crippen LogP contribution in [0.2, 0.25) is 0 Å². The molecule has 0 aliphatic heterocycles.